The number of benzene rings is 2. The van der Waals surface area contributed by atoms with Gasteiger partial charge in [-0.05, 0) is 48.5 Å². The van der Waals surface area contributed by atoms with Crippen molar-refractivity contribution in [1.82, 2.24) is 9.97 Å². The summed E-state index contributed by atoms with van der Waals surface area (Å²) >= 11 is 1.45. The molecule has 1 amide bonds. The van der Waals surface area contributed by atoms with Crippen LogP contribution in [0, 0.1) is 0 Å². The fraction of sp³-hybridized carbons (Fsp3) is 0.143. The Morgan fingerprint density at radius 2 is 2.00 bits per heavy atom. The number of anilines is 1. The second kappa shape index (κ2) is 7.56. The number of hydrogen-bond acceptors (Lipinski definition) is 6. The minimum atomic E-state index is -0.0880. The molecule has 0 aliphatic carbocycles. The van der Waals surface area contributed by atoms with Crippen LogP contribution in [0.3, 0.4) is 0 Å². The predicted molar refractivity (Wildman–Crippen MR) is 111 cm³/mol. The van der Waals surface area contributed by atoms with E-state index in [0.29, 0.717) is 30.5 Å². The average molecular weight is 407 g/mol. The van der Waals surface area contributed by atoms with Gasteiger partial charge in [0.25, 0.3) is 0 Å². The van der Waals surface area contributed by atoms with E-state index in [9.17, 15) is 4.79 Å². The van der Waals surface area contributed by atoms with E-state index in [4.69, 9.17) is 13.9 Å². The molecule has 2 aromatic carbocycles. The van der Waals surface area contributed by atoms with Gasteiger partial charge in [-0.1, -0.05) is 0 Å². The van der Waals surface area contributed by atoms with Crippen molar-refractivity contribution in [3.63, 3.8) is 0 Å². The zero-order chi connectivity index (χ0) is 19.6. The summed E-state index contributed by atoms with van der Waals surface area (Å²) < 4.78 is 16.5. The fourth-order valence-electron chi connectivity index (χ4n) is 3.08. The quantitative estimate of drug-likeness (QED) is 0.479. The molecular formula is C21H17N3O4S. The number of fused-ring (bicyclic) bond motifs is 2. The Morgan fingerprint density at radius 3 is 2.86 bits per heavy atom. The van der Waals surface area contributed by atoms with Crippen molar-refractivity contribution in [3.8, 4) is 23.1 Å². The fourth-order valence-corrected chi connectivity index (χ4v) is 3.80. The molecule has 7 nitrogen and oxygen atoms in total. The van der Waals surface area contributed by atoms with Crippen LogP contribution in [0.15, 0.2) is 64.1 Å². The Balaban J connectivity index is 1.24. The number of aromatic nitrogens is 2. The monoisotopic (exact) mass is 407 g/mol. The van der Waals surface area contributed by atoms with Crippen LogP contribution in [0.2, 0.25) is 0 Å². The molecule has 0 fully saturated rings. The number of hydrogen-bond donors (Lipinski definition) is 2. The number of thioether (sulfide) groups is 1. The van der Waals surface area contributed by atoms with Crippen molar-refractivity contribution < 1.29 is 18.7 Å². The van der Waals surface area contributed by atoms with E-state index >= 15 is 0 Å². The van der Waals surface area contributed by atoms with Crippen LogP contribution in [0.25, 0.3) is 22.6 Å². The second-order valence-electron chi connectivity index (χ2n) is 6.44. The third kappa shape index (κ3) is 3.79. The molecule has 3 heterocycles. The number of nitrogens with one attached hydrogen (secondary N) is 2. The highest BCUT2D eigenvalue weighted by Gasteiger charge is 2.13. The van der Waals surface area contributed by atoms with Gasteiger partial charge in [0.15, 0.2) is 23.1 Å². The van der Waals surface area contributed by atoms with E-state index in [1.807, 2.05) is 48.5 Å². The van der Waals surface area contributed by atoms with Crippen LogP contribution in [-0.2, 0) is 4.79 Å². The van der Waals surface area contributed by atoms with Crippen LogP contribution < -0.4 is 14.8 Å². The molecule has 8 heteroatoms. The van der Waals surface area contributed by atoms with E-state index < -0.39 is 0 Å². The molecule has 146 valence electrons. The summed E-state index contributed by atoms with van der Waals surface area (Å²) in [5.41, 5.74) is 2.34. The lowest BCUT2D eigenvalue weighted by molar-refractivity contribution is -0.113. The summed E-state index contributed by atoms with van der Waals surface area (Å²) in [5, 5.41) is 2.92. The summed E-state index contributed by atoms with van der Waals surface area (Å²) in [4.78, 5) is 21.0. The van der Waals surface area contributed by atoms with Gasteiger partial charge in [-0.25, -0.2) is 4.98 Å². The van der Waals surface area contributed by atoms with E-state index in [-0.39, 0.29) is 11.7 Å². The molecule has 0 unspecified atom stereocenters. The average Bonchev–Trinajstić information content (AvgIpc) is 3.41. The van der Waals surface area contributed by atoms with Crippen LogP contribution in [0.1, 0.15) is 0 Å². The van der Waals surface area contributed by atoms with Crippen LogP contribution in [-0.4, -0.2) is 34.8 Å². The van der Waals surface area contributed by atoms with Gasteiger partial charge in [0.2, 0.25) is 5.91 Å². The van der Waals surface area contributed by atoms with Gasteiger partial charge in [0.1, 0.15) is 13.2 Å². The SMILES string of the molecule is O=C(CSc1ccc2c(c1)OCCO2)Nc1ccc2nc(-c3ccco3)[nH]c2c1. The van der Waals surface area contributed by atoms with Gasteiger partial charge in [0.05, 0.1) is 23.0 Å². The molecule has 0 bridgehead atoms. The number of carbonyl (C=O) groups excluding carboxylic acids is 1. The maximum atomic E-state index is 12.4. The Bertz CT molecular complexity index is 1170. The highest BCUT2D eigenvalue weighted by molar-refractivity contribution is 8.00. The number of carbonyl (C=O) groups is 1. The minimum absolute atomic E-state index is 0.0880. The number of H-pyrrole nitrogens is 1. The highest BCUT2D eigenvalue weighted by Crippen LogP contribution is 2.34. The number of amides is 1. The number of furan rings is 1. The van der Waals surface area contributed by atoms with Gasteiger partial charge in [-0.3, -0.25) is 4.79 Å². The van der Waals surface area contributed by atoms with Gasteiger partial charge in [-0.15, -0.1) is 11.8 Å². The van der Waals surface area contributed by atoms with Crippen molar-refractivity contribution in [2.75, 3.05) is 24.3 Å². The number of rotatable bonds is 5. The molecule has 2 aromatic heterocycles. The largest absolute Gasteiger partial charge is 0.486 e. The number of ether oxygens (including phenoxy) is 2. The van der Waals surface area contributed by atoms with E-state index in [1.54, 1.807) is 6.26 Å². The standard InChI is InChI=1S/C21H17N3O4S/c25-20(12-29-14-4-6-17-19(11-14)28-9-8-27-17)22-13-3-5-15-16(10-13)24-21(23-15)18-2-1-7-26-18/h1-7,10-11H,8-9,12H2,(H,22,25)(H,23,24). The first-order valence-corrected chi connectivity index (χ1v) is 10.1. The minimum Gasteiger partial charge on any atom is -0.486 e. The maximum Gasteiger partial charge on any atom is 0.234 e. The highest BCUT2D eigenvalue weighted by atomic mass is 32.2. The topological polar surface area (TPSA) is 89.4 Å². The van der Waals surface area contributed by atoms with Crippen molar-refractivity contribution in [3.05, 3.63) is 54.8 Å². The molecule has 0 saturated heterocycles. The van der Waals surface area contributed by atoms with Crippen LogP contribution in [0.5, 0.6) is 11.5 Å². The third-order valence-corrected chi connectivity index (χ3v) is 5.40. The normalized spacial score (nSPS) is 12.8. The number of aromatic amines is 1. The van der Waals surface area contributed by atoms with Crippen molar-refractivity contribution in [2.24, 2.45) is 0 Å². The molecule has 2 N–H and O–H groups in total. The molecule has 1 aliphatic rings. The maximum absolute atomic E-state index is 12.4. The number of nitrogens with zero attached hydrogens (tertiary/aromatic N) is 1. The predicted octanol–water partition coefficient (Wildman–Crippen LogP) is 4.32. The zero-order valence-corrected chi connectivity index (χ0v) is 16.1. The number of imidazole rings is 1. The first-order valence-electron chi connectivity index (χ1n) is 9.10. The smallest absolute Gasteiger partial charge is 0.234 e. The van der Waals surface area contributed by atoms with Crippen molar-refractivity contribution >= 4 is 34.4 Å². The second-order valence-corrected chi connectivity index (χ2v) is 7.49. The lowest BCUT2D eigenvalue weighted by Crippen LogP contribution is -2.15. The first-order chi connectivity index (χ1) is 14.2. The third-order valence-electron chi connectivity index (χ3n) is 4.40. The summed E-state index contributed by atoms with van der Waals surface area (Å²) in [6.45, 7) is 1.10. The molecule has 29 heavy (non-hydrogen) atoms. The lowest BCUT2D eigenvalue weighted by atomic mass is 10.3. The molecule has 0 spiro atoms. The van der Waals surface area contributed by atoms with Crippen LogP contribution in [0.4, 0.5) is 5.69 Å². The molecule has 0 saturated carbocycles. The lowest BCUT2D eigenvalue weighted by Gasteiger charge is -2.18. The molecule has 0 atom stereocenters. The Morgan fingerprint density at radius 1 is 1.10 bits per heavy atom. The van der Waals surface area contributed by atoms with Gasteiger partial charge in [0, 0.05) is 10.6 Å². The Labute approximate surface area is 170 Å². The summed E-state index contributed by atoms with van der Waals surface area (Å²) in [6, 6.07) is 14.9. The molecule has 5 rings (SSSR count). The zero-order valence-electron chi connectivity index (χ0n) is 15.3. The Hall–Kier alpha value is -3.39. The van der Waals surface area contributed by atoms with Gasteiger partial charge in [-0.2, -0.15) is 0 Å². The first kappa shape index (κ1) is 17.7. The van der Waals surface area contributed by atoms with E-state index in [1.165, 1.54) is 11.8 Å². The summed E-state index contributed by atoms with van der Waals surface area (Å²) in [7, 11) is 0. The van der Waals surface area contributed by atoms with Crippen LogP contribution >= 0.6 is 11.8 Å². The van der Waals surface area contributed by atoms with E-state index in [2.05, 4.69) is 15.3 Å². The molecule has 4 aromatic rings. The van der Waals surface area contributed by atoms with Gasteiger partial charge >= 0.3 is 0 Å². The van der Waals surface area contributed by atoms with Gasteiger partial charge < -0.3 is 24.2 Å². The molecule has 1 aliphatic heterocycles. The molecular weight excluding hydrogens is 390 g/mol. The van der Waals surface area contributed by atoms with Crippen molar-refractivity contribution in [2.45, 2.75) is 4.90 Å². The summed E-state index contributed by atoms with van der Waals surface area (Å²) in [6.07, 6.45) is 1.60. The summed E-state index contributed by atoms with van der Waals surface area (Å²) in [5.74, 6) is 2.99. The molecule has 0 radical (unpaired) electrons. The Kier molecular flexibility index (Phi) is 4.61. The van der Waals surface area contributed by atoms with E-state index in [0.717, 1.165) is 27.4 Å². The van der Waals surface area contributed by atoms with Crippen molar-refractivity contribution in [1.29, 1.82) is 0 Å².